The number of para-hydroxylation sites is 1. The molecule has 4 rings (SSSR count). The summed E-state index contributed by atoms with van der Waals surface area (Å²) in [6.45, 7) is 1.08. The molecule has 38 heavy (non-hydrogen) atoms. The zero-order valence-corrected chi connectivity index (χ0v) is 23.6. The van der Waals surface area contributed by atoms with Gasteiger partial charge in [0.25, 0.3) is 5.91 Å². The number of carbonyl (C=O) groups is 2. The molecule has 1 aliphatic heterocycles. The van der Waals surface area contributed by atoms with Crippen LogP contribution in [0.1, 0.15) is 48.0 Å². The summed E-state index contributed by atoms with van der Waals surface area (Å²) in [5, 5.41) is 19.4. The van der Waals surface area contributed by atoms with Crippen LogP contribution in [-0.4, -0.2) is 65.3 Å². The van der Waals surface area contributed by atoms with E-state index in [1.165, 1.54) is 38.2 Å². The summed E-state index contributed by atoms with van der Waals surface area (Å²) in [5.41, 5.74) is 1.39. The van der Waals surface area contributed by atoms with Crippen LogP contribution in [0.5, 0.6) is 11.5 Å². The lowest BCUT2D eigenvalue weighted by molar-refractivity contribution is -0.121. The van der Waals surface area contributed by atoms with Gasteiger partial charge in [0.05, 0.1) is 18.7 Å². The molecule has 2 aromatic carbocycles. The number of amides is 2. The van der Waals surface area contributed by atoms with E-state index in [9.17, 15) is 14.7 Å². The lowest BCUT2D eigenvalue weighted by Gasteiger charge is -2.31. The molecule has 1 heterocycles. The van der Waals surface area contributed by atoms with E-state index < -0.39 is 0 Å². The summed E-state index contributed by atoms with van der Waals surface area (Å²) in [7, 11) is 1.66. The molecule has 206 valence electrons. The summed E-state index contributed by atoms with van der Waals surface area (Å²) in [4.78, 5) is 26.1. The number of carbonyl (C=O) groups excluding carboxylic acids is 2. The quantitative estimate of drug-likeness (QED) is 0.310. The molecule has 2 aromatic rings. The molecule has 3 unspecified atom stereocenters. The molecule has 3 atom stereocenters. The van der Waals surface area contributed by atoms with Gasteiger partial charge in [0.1, 0.15) is 16.9 Å². The summed E-state index contributed by atoms with van der Waals surface area (Å²) < 4.78 is 5.34. The van der Waals surface area contributed by atoms with Gasteiger partial charge in [-0.1, -0.05) is 43.5 Å². The molecule has 0 aromatic heterocycles. The number of phenols is 1. The minimum atomic E-state index is -0.351. The minimum absolute atomic E-state index is 0.0488. The number of thioether (sulfide) groups is 2. The number of ether oxygens (including phenoxy) is 1. The van der Waals surface area contributed by atoms with E-state index in [0.717, 1.165) is 35.8 Å². The molecule has 0 spiro atoms. The summed E-state index contributed by atoms with van der Waals surface area (Å²) in [6, 6.07) is 14.3. The number of hydrogen-bond donors (Lipinski definition) is 4. The lowest BCUT2D eigenvalue weighted by Crippen LogP contribution is -2.53. The molecule has 2 aliphatic rings. The van der Waals surface area contributed by atoms with Crippen LogP contribution >= 0.6 is 23.5 Å². The Hall–Kier alpha value is -2.36. The molecule has 7 nitrogen and oxygen atoms in total. The second-order valence-corrected chi connectivity index (χ2v) is 12.5. The normalized spacial score (nSPS) is 19.4. The summed E-state index contributed by atoms with van der Waals surface area (Å²) in [5.74, 6) is 2.98. The zero-order valence-electron chi connectivity index (χ0n) is 22.0. The number of rotatable bonds is 12. The maximum atomic E-state index is 13.2. The third kappa shape index (κ3) is 8.32. The topological polar surface area (TPSA) is 99.7 Å². The van der Waals surface area contributed by atoms with Crippen LogP contribution in [0.2, 0.25) is 0 Å². The van der Waals surface area contributed by atoms with E-state index in [-0.39, 0.29) is 46.3 Å². The summed E-state index contributed by atoms with van der Waals surface area (Å²) in [6.07, 6.45) is 7.16. The largest absolute Gasteiger partial charge is 0.507 e. The Balaban J connectivity index is 1.52. The van der Waals surface area contributed by atoms with Gasteiger partial charge in [-0.15, -0.1) is 11.8 Å². The number of benzene rings is 2. The first-order valence-electron chi connectivity index (χ1n) is 13.5. The van der Waals surface area contributed by atoms with Crippen LogP contribution in [0.15, 0.2) is 48.5 Å². The average Bonchev–Trinajstić information content (AvgIpc) is 3.50. The van der Waals surface area contributed by atoms with Crippen LogP contribution in [-0.2, 0) is 11.2 Å². The molecule has 4 N–H and O–H groups in total. The highest BCUT2D eigenvalue weighted by Crippen LogP contribution is 2.31. The number of hydrogen-bond acceptors (Lipinski definition) is 7. The van der Waals surface area contributed by atoms with Gasteiger partial charge in [0.15, 0.2) is 0 Å². The van der Waals surface area contributed by atoms with Gasteiger partial charge in [-0.2, -0.15) is 11.8 Å². The second kappa shape index (κ2) is 14.7. The predicted octanol–water partition coefficient (Wildman–Crippen LogP) is 4.20. The number of nitrogens with one attached hydrogen (secondary N) is 3. The van der Waals surface area contributed by atoms with Gasteiger partial charge >= 0.3 is 0 Å². The fourth-order valence-electron chi connectivity index (χ4n) is 5.02. The van der Waals surface area contributed by atoms with Crippen molar-refractivity contribution < 1.29 is 19.4 Å². The molecule has 0 bridgehead atoms. The zero-order chi connectivity index (χ0) is 26.7. The molecular formula is C29H39N3O4S2. The highest BCUT2D eigenvalue weighted by molar-refractivity contribution is 8.00. The van der Waals surface area contributed by atoms with Crippen LogP contribution in [0.4, 0.5) is 0 Å². The van der Waals surface area contributed by atoms with E-state index >= 15 is 0 Å². The van der Waals surface area contributed by atoms with Crippen molar-refractivity contribution in [2.24, 2.45) is 5.92 Å². The maximum absolute atomic E-state index is 13.2. The number of phenolic OH excluding ortho intramolecular Hbond substituents is 1. The molecule has 1 saturated carbocycles. The van der Waals surface area contributed by atoms with Gasteiger partial charge in [-0.25, -0.2) is 0 Å². The van der Waals surface area contributed by atoms with Crippen LogP contribution in [0.25, 0.3) is 0 Å². The van der Waals surface area contributed by atoms with Crippen molar-refractivity contribution >= 4 is 35.3 Å². The van der Waals surface area contributed by atoms with Crippen LogP contribution in [0.3, 0.4) is 0 Å². The van der Waals surface area contributed by atoms with E-state index in [1.54, 1.807) is 37.1 Å². The first kappa shape index (κ1) is 28.6. The van der Waals surface area contributed by atoms with Crippen LogP contribution in [0, 0.1) is 5.92 Å². The Bertz CT molecular complexity index is 1040. The first-order valence-corrected chi connectivity index (χ1v) is 15.6. The smallest absolute Gasteiger partial charge is 0.255 e. The second-order valence-electron chi connectivity index (χ2n) is 9.98. The monoisotopic (exact) mass is 557 g/mol. The van der Waals surface area contributed by atoms with E-state index in [2.05, 4.69) is 28.1 Å². The predicted molar refractivity (Wildman–Crippen MR) is 156 cm³/mol. The van der Waals surface area contributed by atoms with Crippen molar-refractivity contribution in [2.75, 3.05) is 31.7 Å². The summed E-state index contributed by atoms with van der Waals surface area (Å²) >= 11 is 3.51. The van der Waals surface area contributed by atoms with Crippen molar-refractivity contribution in [1.82, 2.24) is 16.0 Å². The Morgan fingerprint density at radius 3 is 2.58 bits per heavy atom. The van der Waals surface area contributed by atoms with Gasteiger partial charge in [0.2, 0.25) is 5.91 Å². The van der Waals surface area contributed by atoms with Gasteiger partial charge in [-0.05, 0) is 60.8 Å². The third-order valence-corrected chi connectivity index (χ3v) is 9.97. The highest BCUT2D eigenvalue weighted by Gasteiger charge is 2.30. The van der Waals surface area contributed by atoms with E-state index in [1.807, 2.05) is 23.9 Å². The standard InChI is InChI=1S/C29H39N3O4S2/c1-36-22-13-11-20(12-14-22)17-26(38-19-21-7-3-2-4-8-21)24(32-28(35)29-30-15-16-37-29)18-31-27(34)23-9-5-6-10-25(23)33/h5-6,9-14,21,24,26,29-30,33H,2-4,7-8,15-19H2,1H3,(H,31,34)(H,32,35). The Kier molecular flexibility index (Phi) is 11.1. The maximum Gasteiger partial charge on any atom is 0.255 e. The average molecular weight is 558 g/mol. The van der Waals surface area contributed by atoms with Crippen molar-refractivity contribution in [3.8, 4) is 11.5 Å². The Morgan fingerprint density at radius 2 is 1.89 bits per heavy atom. The first-order chi connectivity index (χ1) is 18.5. The Morgan fingerprint density at radius 1 is 1.13 bits per heavy atom. The fraction of sp³-hybridized carbons (Fsp3) is 0.517. The van der Waals surface area contributed by atoms with Crippen molar-refractivity contribution in [3.05, 3.63) is 59.7 Å². The molecule has 2 amide bonds. The molecule has 9 heteroatoms. The van der Waals surface area contributed by atoms with E-state index in [4.69, 9.17) is 4.74 Å². The van der Waals surface area contributed by atoms with E-state index in [0.29, 0.717) is 5.92 Å². The Labute approximate surface area is 234 Å². The molecule has 1 aliphatic carbocycles. The van der Waals surface area contributed by atoms with Gasteiger partial charge in [-0.3, -0.25) is 14.9 Å². The van der Waals surface area contributed by atoms with Crippen LogP contribution < -0.4 is 20.7 Å². The lowest BCUT2D eigenvalue weighted by atomic mass is 9.91. The molecular weight excluding hydrogens is 518 g/mol. The van der Waals surface area contributed by atoms with Gasteiger partial charge < -0.3 is 20.5 Å². The highest BCUT2D eigenvalue weighted by atomic mass is 32.2. The number of methoxy groups -OCH3 is 1. The molecule has 0 radical (unpaired) electrons. The SMILES string of the molecule is COc1ccc(CC(SCC2CCCCC2)C(CNC(=O)c2ccccc2O)NC(=O)C2NCCS2)cc1. The fourth-order valence-corrected chi connectivity index (χ4v) is 7.50. The molecule has 2 fully saturated rings. The van der Waals surface area contributed by atoms with Crippen molar-refractivity contribution in [1.29, 1.82) is 0 Å². The van der Waals surface area contributed by atoms with Crippen molar-refractivity contribution in [2.45, 2.75) is 55.2 Å². The third-order valence-electron chi connectivity index (χ3n) is 7.23. The van der Waals surface area contributed by atoms with Crippen molar-refractivity contribution in [3.63, 3.8) is 0 Å². The number of aromatic hydroxyl groups is 1. The molecule has 1 saturated heterocycles. The van der Waals surface area contributed by atoms with Gasteiger partial charge in [0, 0.05) is 24.1 Å². The minimum Gasteiger partial charge on any atom is -0.507 e.